The van der Waals surface area contributed by atoms with Gasteiger partial charge in [-0.25, -0.2) is 18.7 Å². The Balaban J connectivity index is 1.51. The lowest BCUT2D eigenvalue weighted by Gasteiger charge is -2.29. The number of hydrogen-bond donors (Lipinski definition) is 3. The van der Waals surface area contributed by atoms with Gasteiger partial charge in [0.05, 0.1) is 16.9 Å². The van der Waals surface area contributed by atoms with Crippen LogP contribution in [0.5, 0.6) is 0 Å². The topological polar surface area (TPSA) is 120 Å². The first-order chi connectivity index (χ1) is 16.9. The van der Waals surface area contributed by atoms with Crippen LogP contribution in [0.25, 0.3) is 11.2 Å². The molecule has 0 unspecified atom stereocenters. The van der Waals surface area contributed by atoms with Crippen LogP contribution in [0, 0.1) is 17.6 Å². The third-order valence-electron chi connectivity index (χ3n) is 6.73. The number of imidazole rings is 1. The average Bonchev–Trinajstić information content (AvgIpc) is 3.22. The Labute approximate surface area is 205 Å². The number of nitrogens with zero attached hydrogens (tertiary/aromatic N) is 4. The van der Waals surface area contributed by atoms with Crippen LogP contribution >= 0.6 is 11.6 Å². The minimum atomic E-state index is -1.14. The number of halogens is 3. The highest BCUT2D eigenvalue weighted by molar-refractivity contribution is 6.30. The fourth-order valence-electron chi connectivity index (χ4n) is 4.78. The van der Waals surface area contributed by atoms with Gasteiger partial charge in [0.15, 0.2) is 17.3 Å². The molecule has 4 N–H and O–H groups in total. The Morgan fingerprint density at radius 3 is 2.54 bits per heavy atom. The van der Waals surface area contributed by atoms with E-state index in [1.807, 2.05) is 4.57 Å². The van der Waals surface area contributed by atoms with Crippen LogP contribution in [0.1, 0.15) is 44.6 Å². The summed E-state index contributed by atoms with van der Waals surface area (Å²) >= 11 is 5.71. The minimum Gasteiger partial charge on any atom is -0.381 e. The number of primary amides is 1. The van der Waals surface area contributed by atoms with Gasteiger partial charge in [-0.2, -0.15) is 4.98 Å². The SMILES string of the molecule is NC(=O)[C@H]1CC[C@@H](n2c(Nc3ccc(Cl)c(F)c3F)nc3cnc(NC4CCOCC4)nc32)CC1. The summed E-state index contributed by atoms with van der Waals surface area (Å²) in [4.78, 5) is 25.4. The number of anilines is 3. The zero-order chi connectivity index (χ0) is 24.5. The summed E-state index contributed by atoms with van der Waals surface area (Å²) in [6.07, 6.45) is 5.90. The molecule has 1 saturated carbocycles. The standard InChI is InChI=1S/C23H26ClF2N7O2/c24-15-5-6-16(19(26)18(15)25)30-23-31-17-11-28-22(29-13-7-9-35-10-8-13)32-21(17)33(23)14-3-1-12(2-4-14)20(27)34/h5-6,11-14H,1-4,7-10H2,(H2,27,34)(H,30,31)(H,28,29,32)/t12-,14+. The van der Waals surface area contributed by atoms with Crippen molar-refractivity contribution in [1.29, 1.82) is 0 Å². The molecular formula is C23H26ClF2N7O2. The summed E-state index contributed by atoms with van der Waals surface area (Å²) in [6, 6.07) is 2.78. The summed E-state index contributed by atoms with van der Waals surface area (Å²) < 4.78 is 36.0. The quantitative estimate of drug-likeness (QED) is 0.427. The lowest BCUT2D eigenvalue weighted by molar-refractivity contribution is -0.122. The van der Waals surface area contributed by atoms with Crippen LogP contribution in [-0.2, 0) is 9.53 Å². The zero-order valence-corrected chi connectivity index (χ0v) is 19.7. The molecule has 2 aliphatic rings. The van der Waals surface area contributed by atoms with Crippen molar-refractivity contribution in [3.8, 4) is 0 Å². The van der Waals surface area contributed by atoms with Crippen molar-refractivity contribution in [2.75, 3.05) is 23.8 Å². The van der Waals surface area contributed by atoms with E-state index in [0.29, 0.717) is 62.0 Å². The summed E-state index contributed by atoms with van der Waals surface area (Å²) in [5.41, 5.74) is 6.49. The number of amides is 1. The number of nitrogens with two attached hydrogens (primary N) is 1. The Bertz CT molecular complexity index is 1240. The fraction of sp³-hybridized carbons (Fsp3) is 0.478. The van der Waals surface area contributed by atoms with E-state index in [9.17, 15) is 13.6 Å². The number of aromatic nitrogens is 4. The molecule has 186 valence electrons. The molecule has 35 heavy (non-hydrogen) atoms. The maximum Gasteiger partial charge on any atom is 0.224 e. The molecule has 1 amide bonds. The van der Waals surface area contributed by atoms with Crippen molar-refractivity contribution in [1.82, 2.24) is 19.5 Å². The van der Waals surface area contributed by atoms with Crippen molar-refractivity contribution in [3.05, 3.63) is 35.0 Å². The maximum absolute atomic E-state index is 14.6. The molecule has 5 rings (SSSR count). The summed E-state index contributed by atoms with van der Waals surface area (Å²) in [5, 5.41) is 5.97. The molecule has 1 aliphatic heterocycles. The average molecular weight is 506 g/mol. The first-order valence-corrected chi connectivity index (χ1v) is 12.1. The maximum atomic E-state index is 14.6. The van der Waals surface area contributed by atoms with Gasteiger partial charge in [-0.15, -0.1) is 0 Å². The molecule has 1 aliphatic carbocycles. The molecular weight excluding hydrogens is 480 g/mol. The van der Waals surface area contributed by atoms with Crippen LogP contribution in [0.3, 0.4) is 0 Å². The van der Waals surface area contributed by atoms with Gasteiger partial charge in [0.2, 0.25) is 17.8 Å². The van der Waals surface area contributed by atoms with E-state index in [1.54, 1.807) is 6.20 Å². The van der Waals surface area contributed by atoms with Crippen LogP contribution in [0.4, 0.5) is 26.4 Å². The van der Waals surface area contributed by atoms with Gasteiger partial charge in [0, 0.05) is 31.2 Å². The van der Waals surface area contributed by atoms with Crippen molar-refractivity contribution < 1.29 is 18.3 Å². The van der Waals surface area contributed by atoms with E-state index < -0.39 is 11.6 Å². The monoisotopic (exact) mass is 505 g/mol. The lowest BCUT2D eigenvalue weighted by Crippen LogP contribution is -2.29. The number of rotatable bonds is 6. The highest BCUT2D eigenvalue weighted by atomic mass is 35.5. The van der Waals surface area contributed by atoms with Crippen LogP contribution < -0.4 is 16.4 Å². The van der Waals surface area contributed by atoms with E-state index in [0.717, 1.165) is 12.8 Å². The summed E-state index contributed by atoms with van der Waals surface area (Å²) in [7, 11) is 0. The van der Waals surface area contributed by atoms with Gasteiger partial charge >= 0.3 is 0 Å². The van der Waals surface area contributed by atoms with Crippen LogP contribution in [0.2, 0.25) is 5.02 Å². The zero-order valence-electron chi connectivity index (χ0n) is 18.9. The van der Waals surface area contributed by atoms with Crippen LogP contribution in [-0.4, -0.2) is 44.7 Å². The highest BCUT2D eigenvalue weighted by Gasteiger charge is 2.29. The minimum absolute atomic E-state index is 0.0656. The van der Waals surface area contributed by atoms with E-state index >= 15 is 0 Å². The van der Waals surface area contributed by atoms with E-state index in [-0.39, 0.29) is 34.6 Å². The Kier molecular flexibility index (Phi) is 6.70. The molecule has 0 spiro atoms. The molecule has 0 bridgehead atoms. The Morgan fingerprint density at radius 1 is 1.09 bits per heavy atom. The molecule has 1 aromatic carbocycles. The van der Waals surface area contributed by atoms with Crippen LogP contribution in [0.15, 0.2) is 18.3 Å². The fourth-order valence-corrected chi connectivity index (χ4v) is 4.93. The largest absolute Gasteiger partial charge is 0.381 e. The number of fused-ring (bicyclic) bond motifs is 1. The Morgan fingerprint density at radius 2 is 1.83 bits per heavy atom. The smallest absolute Gasteiger partial charge is 0.224 e. The van der Waals surface area contributed by atoms with Gasteiger partial charge in [-0.1, -0.05) is 11.6 Å². The molecule has 9 nitrogen and oxygen atoms in total. The number of ether oxygens (including phenoxy) is 1. The van der Waals surface area contributed by atoms with Crippen molar-refractivity contribution in [3.63, 3.8) is 0 Å². The molecule has 1 saturated heterocycles. The van der Waals surface area contributed by atoms with E-state index in [1.165, 1.54) is 12.1 Å². The van der Waals surface area contributed by atoms with E-state index in [2.05, 4.69) is 20.6 Å². The number of benzene rings is 1. The van der Waals surface area contributed by atoms with Crippen molar-refractivity contribution >= 4 is 46.3 Å². The number of nitrogens with one attached hydrogen (secondary N) is 2. The van der Waals surface area contributed by atoms with Crippen molar-refractivity contribution in [2.45, 2.75) is 50.6 Å². The summed E-state index contributed by atoms with van der Waals surface area (Å²) in [6.45, 7) is 1.36. The lowest BCUT2D eigenvalue weighted by atomic mass is 9.85. The molecule has 0 atom stereocenters. The molecule has 2 aromatic heterocycles. The predicted octanol–water partition coefficient (Wildman–Crippen LogP) is 4.31. The second-order valence-electron chi connectivity index (χ2n) is 8.99. The Hall–Kier alpha value is -3.05. The number of hydrogen-bond acceptors (Lipinski definition) is 7. The highest BCUT2D eigenvalue weighted by Crippen LogP contribution is 2.37. The first-order valence-electron chi connectivity index (χ1n) is 11.7. The van der Waals surface area contributed by atoms with Gasteiger partial charge in [0.25, 0.3) is 0 Å². The normalized spacial score (nSPS) is 21.2. The third-order valence-corrected chi connectivity index (χ3v) is 7.03. The van der Waals surface area contributed by atoms with Gasteiger partial charge < -0.3 is 21.1 Å². The number of carbonyl (C=O) groups excluding carboxylic acids is 1. The molecule has 3 aromatic rings. The molecule has 3 heterocycles. The second-order valence-corrected chi connectivity index (χ2v) is 9.40. The van der Waals surface area contributed by atoms with Crippen molar-refractivity contribution in [2.24, 2.45) is 11.7 Å². The number of carbonyl (C=O) groups is 1. The van der Waals surface area contributed by atoms with Gasteiger partial charge in [0.1, 0.15) is 5.52 Å². The second kappa shape index (κ2) is 9.90. The molecule has 12 heteroatoms. The van der Waals surface area contributed by atoms with E-state index in [4.69, 9.17) is 27.1 Å². The molecule has 2 fully saturated rings. The predicted molar refractivity (Wildman–Crippen MR) is 128 cm³/mol. The van der Waals surface area contributed by atoms with Gasteiger partial charge in [-0.05, 0) is 50.7 Å². The first kappa shape index (κ1) is 23.7. The molecule has 0 radical (unpaired) electrons. The third kappa shape index (κ3) is 4.87. The summed E-state index contributed by atoms with van der Waals surface area (Å²) in [5.74, 6) is -1.94. The van der Waals surface area contributed by atoms with Gasteiger partial charge in [-0.3, -0.25) is 9.36 Å².